The number of rotatable bonds is 3. The molecule has 1 aliphatic rings. The summed E-state index contributed by atoms with van der Waals surface area (Å²) in [6, 6.07) is 2.01. The molecule has 1 N–H and O–H groups in total. The smallest absolute Gasteiger partial charge is 0.160 e. The van der Waals surface area contributed by atoms with Crippen molar-refractivity contribution in [3.8, 4) is 0 Å². The van der Waals surface area contributed by atoms with Gasteiger partial charge in [-0.2, -0.15) is 5.10 Å². The van der Waals surface area contributed by atoms with Crippen LogP contribution in [-0.4, -0.2) is 39.4 Å². The van der Waals surface area contributed by atoms with Crippen molar-refractivity contribution in [1.29, 1.82) is 0 Å². The first-order chi connectivity index (χ1) is 8.38. The highest BCUT2D eigenvalue weighted by Crippen LogP contribution is 2.19. The third-order valence-electron chi connectivity index (χ3n) is 3.24. The second kappa shape index (κ2) is 4.33. The fourth-order valence-electron chi connectivity index (χ4n) is 2.33. The number of aromatic nitrogens is 3. The highest BCUT2D eigenvalue weighted by atomic mass is 16.2. The van der Waals surface area contributed by atoms with Gasteiger partial charge in [-0.05, 0) is 18.9 Å². The average molecular weight is 232 g/mol. The van der Waals surface area contributed by atoms with Crippen molar-refractivity contribution in [2.45, 2.75) is 19.3 Å². The van der Waals surface area contributed by atoms with Crippen molar-refractivity contribution >= 4 is 11.5 Å². The molecule has 1 fully saturated rings. The van der Waals surface area contributed by atoms with E-state index in [0.717, 1.165) is 30.1 Å². The molecular formula is C12H16N4O. The van der Waals surface area contributed by atoms with Crippen LogP contribution in [0.25, 0.3) is 5.65 Å². The zero-order chi connectivity index (χ0) is 11.7. The second-order valence-electron chi connectivity index (χ2n) is 4.39. The first-order valence-corrected chi connectivity index (χ1v) is 6.07. The van der Waals surface area contributed by atoms with E-state index in [4.69, 9.17) is 5.11 Å². The molecule has 2 aromatic heterocycles. The Kier molecular flexibility index (Phi) is 2.68. The minimum atomic E-state index is 0.136. The number of hydrogen-bond acceptors (Lipinski definition) is 4. The van der Waals surface area contributed by atoms with Crippen LogP contribution in [0.2, 0.25) is 0 Å². The molecule has 0 amide bonds. The van der Waals surface area contributed by atoms with Crippen LogP contribution in [0.5, 0.6) is 0 Å². The summed E-state index contributed by atoms with van der Waals surface area (Å²) >= 11 is 0. The van der Waals surface area contributed by atoms with E-state index >= 15 is 0 Å². The lowest BCUT2D eigenvalue weighted by atomic mass is 10.2. The first-order valence-electron chi connectivity index (χ1n) is 6.07. The fraction of sp³-hybridized carbons (Fsp3) is 0.500. The maximum absolute atomic E-state index is 9.00. The van der Waals surface area contributed by atoms with Crippen molar-refractivity contribution in [2.75, 3.05) is 24.6 Å². The molecule has 0 unspecified atom stereocenters. The normalized spacial score (nSPS) is 15.9. The standard InChI is InChI=1S/C12H16N4O/c17-8-4-10-9-13-16-7-3-11(14-12(10)16)15-5-1-2-6-15/h3,7,9,17H,1-2,4-6,8H2. The Labute approximate surface area is 99.7 Å². The Balaban J connectivity index is 2.00. The number of hydrogen-bond donors (Lipinski definition) is 1. The molecule has 1 aliphatic heterocycles. The summed E-state index contributed by atoms with van der Waals surface area (Å²) in [6.45, 7) is 2.32. The lowest BCUT2D eigenvalue weighted by Crippen LogP contribution is -2.19. The predicted molar refractivity (Wildman–Crippen MR) is 65.2 cm³/mol. The van der Waals surface area contributed by atoms with Gasteiger partial charge in [0.1, 0.15) is 5.82 Å². The maximum atomic E-state index is 9.00. The summed E-state index contributed by atoms with van der Waals surface area (Å²) in [7, 11) is 0. The van der Waals surface area contributed by atoms with Gasteiger partial charge >= 0.3 is 0 Å². The summed E-state index contributed by atoms with van der Waals surface area (Å²) in [6.07, 6.45) is 6.83. The molecule has 3 rings (SSSR count). The van der Waals surface area contributed by atoms with E-state index in [9.17, 15) is 0 Å². The van der Waals surface area contributed by atoms with E-state index in [-0.39, 0.29) is 6.61 Å². The van der Waals surface area contributed by atoms with Crippen molar-refractivity contribution in [2.24, 2.45) is 0 Å². The summed E-state index contributed by atoms with van der Waals surface area (Å²) in [4.78, 5) is 6.95. The van der Waals surface area contributed by atoms with Crippen LogP contribution in [0.15, 0.2) is 18.5 Å². The molecule has 0 bridgehead atoms. The van der Waals surface area contributed by atoms with Gasteiger partial charge in [0.05, 0.1) is 6.20 Å². The van der Waals surface area contributed by atoms with Gasteiger partial charge in [-0.15, -0.1) is 0 Å². The van der Waals surface area contributed by atoms with E-state index in [1.165, 1.54) is 12.8 Å². The van der Waals surface area contributed by atoms with E-state index in [1.807, 2.05) is 12.3 Å². The van der Waals surface area contributed by atoms with E-state index in [2.05, 4.69) is 15.0 Å². The fourth-order valence-corrected chi connectivity index (χ4v) is 2.33. The van der Waals surface area contributed by atoms with Gasteiger partial charge in [-0.25, -0.2) is 9.50 Å². The van der Waals surface area contributed by atoms with Crippen molar-refractivity contribution in [3.05, 3.63) is 24.0 Å². The Morgan fingerprint density at radius 1 is 1.29 bits per heavy atom. The van der Waals surface area contributed by atoms with Crippen LogP contribution >= 0.6 is 0 Å². The second-order valence-corrected chi connectivity index (χ2v) is 4.39. The number of fused-ring (bicyclic) bond motifs is 1. The molecule has 0 spiro atoms. The van der Waals surface area contributed by atoms with Gasteiger partial charge in [0.2, 0.25) is 0 Å². The quantitative estimate of drug-likeness (QED) is 0.853. The van der Waals surface area contributed by atoms with Crippen molar-refractivity contribution in [1.82, 2.24) is 14.6 Å². The Morgan fingerprint density at radius 3 is 2.88 bits per heavy atom. The molecule has 0 aromatic carbocycles. The largest absolute Gasteiger partial charge is 0.396 e. The number of aliphatic hydroxyl groups is 1. The number of aliphatic hydroxyl groups excluding tert-OH is 1. The monoisotopic (exact) mass is 232 g/mol. The Hall–Kier alpha value is -1.62. The molecule has 17 heavy (non-hydrogen) atoms. The zero-order valence-corrected chi connectivity index (χ0v) is 9.71. The zero-order valence-electron chi connectivity index (χ0n) is 9.71. The summed E-state index contributed by atoms with van der Waals surface area (Å²) in [5, 5.41) is 13.2. The predicted octanol–water partition coefficient (Wildman–Crippen LogP) is 0.864. The van der Waals surface area contributed by atoms with Gasteiger partial charge in [-0.3, -0.25) is 0 Å². The van der Waals surface area contributed by atoms with Crippen LogP contribution in [0, 0.1) is 0 Å². The third kappa shape index (κ3) is 1.86. The number of anilines is 1. The minimum absolute atomic E-state index is 0.136. The molecule has 5 nitrogen and oxygen atoms in total. The maximum Gasteiger partial charge on any atom is 0.160 e. The third-order valence-corrected chi connectivity index (χ3v) is 3.24. The minimum Gasteiger partial charge on any atom is -0.396 e. The molecule has 0 aliphatic carbocycles. The molecule has 2 aromatic rings. The Bertz CT molecular complexity index is 516. The summed E-state index contributed by atoms with van der Waals surface area (Å²) < 4.78 is 1.77. The first kappa shape index (κ1) is 10.5. The van der Waals surface area contributed by atoms with Gasteiger partial charge in [0.25, 0.3) is 0 Å². The average Bonchev–Trinajstić information content (AvgIpc) is 2.98. The lowest BCUT2D eigenvalue weighted by molar-refractivity contribution is 0.300. The van der Waals surface area contributed by atoms with Crippen LogP contribution < -0.4 is 4.90 Å². The van der Waals surface area contributed by atoms with Crippen molar-refractivity contribution < 1.29 is 5.11 Å². The van der Waals surface area contributed by atoms with Crippen LogP contribution in [0.3, 0.4) is 0 Å². The van der Waals surface area contributed by atoms with E-state index in [1.54, 1.807) is 10.7 Å². The lowest BCUT2D eigenvalue weighted by Gasteiger charge is -2.16. The molecule has 5 heteroatoms. The number of nitrogens with zero attached hydrogens (tertiary/aromatic N) is 4. The van der Waals surface area contributed by atoms with E-state index in [0.29, 0.717) is 6.42 Å². The molecule has 0 radical (unpaired) electrons. The summed E-state index contributed by atoms with van der Waals surface area (Å²) in [5.74, 6) is 1.02. The molecule has 0 atom stereocenters. The SMILES string of the molecule is OCCc1cnn2ccc(N3CCCC3)nc12. The Morgan fingerprint density at radius 2 is 2.12 bits per heavy atom. The molecule has 1 saturated heterocycles. The van der Waals surface area contributed by atoms with Crippen LogP contribution in [-0.2, 0) is 6.42 Å². The van der Waals surface area contributed by atoms with Gasteiger partial charge in [0.15, 0.2) is 5.65 Å². The van der Waals surface area contributed by atoms with E-state index < -0.39 is 0 Å². The van der Waals surface area contributed by atoms with Crippen LogP contribution in [0.4, 0.5) is 5.82 Å². The topological polar surface area (TPSA) is 53.7 Å². The highest BCUT2D eigenvalue weighted by Gasteiger charge is 2.15. The van der Waals surface area contributed by atoms with Gasteiger partial charge in [-0.1, -0.05) is 0 Å². The molecule has 90 valence electrons. The van der Waals surface area contributed by atoms with Gasteiger partial charge < -0.3 is 10.0 Å². The molecule has 3 heterocycles. The molecule has 0 saturated carbocycles. The van der Waals surface area contributed by atoms with Gasteiger partial charge in [0, 0.05) is 37.9 Å². The van der Waals surface area contributed by atoms with Crippen molar-refractivity contribution in [3.63, 3.8) is 0 Å². The van der Waals surface area contributed by atoms with Crippen LogP contribution in [0.1, 0.15) is 18.4 Å². The summed E-state index contributed by atoms with van der Waals surface area (Å²) in [5.41, 5.74) is 1.87. The molecular weight excluding hydrogens is 216 g/mol. The highest BCUT2D eigenvalue weighted by molar-refractivity contribution is 5.53.